The molecule has 2 rings (SSSR count). The molecule has 0 saturated carbocycles. The smallest absolute Gasteiger partial charge is 0.222 e. The van der Waals surface area contributed by atoms with Crippen molar-refractivity contribution in [1.82, 2.24) is 15.5 Å². The van der Waals surface area contributed by atoms with E-state index in [1.165, 1.54) is 12.1 Å². The van der Waals surface area contributed by atoms with Crippen molar-refractivity contribution < 1.29 is 13.6 Å². The molecule has 0 spiro atoms. The second-order valence-electron chi connectivity index (χ2n) is 5.81. The van der Waals surface area contributed by atoms with E-state index in [0.29, 0.717) is 37.5 Å². The second-order valence-corrected chi connectivity index (χ2v) is 5.81. The lowest BCUT2D eigenvalue weighted by molar-refractivity contribution is -0.129. The van der Waals surface area contributed by atoms with Crippen molar-refractivity contribution in [2.45, 2.75) is 32.2 Å². The zero-order chi connectivity index (χ0) is 17.5. The number of nitrogens with zero attached hydrogens (tertiary/aromatic N) is 2. The molecule has 1 atom stereocenters. The van der Waals surface area contributed by atoms with Gasteiger partial charge in [0.25, 0.3) is 0 Å². The van der Waals surface area contributed by atoms with Crippen LogP contribution in [0.5, 0.6) is 0 Å². The third-order valence-electron chi connectivity index (χ3n) is 4.11. The van der Waals surface area contributed by atoms with Gasteiger partial charge in [0, 0.05) is 45.2 Å². The Bertz CT molecular complexity index is 606. The minimum atomic E-state index is -0.575. The molecule has 1 aliphatic heterocycles. The number of benzene rings is 1. The molecular weight excluding hydrogens is 314 g/mol. The number of guanidine groups is 1. The highest BCUT2D eigenvalue weighted by atomic mass is 19.1. The van der Waals surface area contributed by atoms with Crippen molar-refractivity contribution in [2.24, 2.45) is 4.99 Å². The second kappa shape index (κ2) is 8.61. The van der Waals surface area contributed by atoms with Gasteiger partial charge in [0.15, 0.2) is 5.96 Å². The first-order valence-electron chi connectivity index (χ1n) is 8.22. The highest BCUT2D eigenvalue weighted by Gasteiger charge is 2.25. The lowest BCUT2D eigenvalue weighted by atomic mass is 10.1. The highest BCUT2D eigenvalue weighted by Crippen LogP contribution is 2.11. The van der Waals surface area contributed by atoms with Gasteiger partial charge in [-0.15, -0.1) is 0 Å². The normalized spacial score (nSPS) is 17.9. The monoisotopic (exact) mass is 338 g/mol. The van der Waals surface area contributed by atoms with Crippen LogP contribution in [0, 0.1) is 11.6 Å². The number of nitrogens with one attached hydrogen (secondary N) is 2. The lowest BCUT2D eigenvalue weighted by Crippen LogP contribution is -2.45. The Morgan fingerprint density at radius 1 is 1.42 bits per heavy atom. The maximum atomic E-state index is 13.6. The van der Waals surface area contributed by atoms with Crippen LogP contribution in [-0.4, -0.2) is 49.5 Å². The fourth-order valence-electron chi connectivity index (χ4n) is 2.76. The molecule has 24 heavy (non-hydrogen) atoms. The summed E-state index contributed by atoms with van der Waals surface area (Å²) in [6, 6.07) is 3.76. The molecule has 1 saturated heterocycles. The summed E-state index contributed by atoms with van der Waals surface area (Å²) in [7, 11) is 1.66. The fraction of sp³-hybridized carbons (Fsp3) is 0.529. The topological polar surface area (TPSA) is 56.7 Å². The maximum Gasteiger partial charge on any atom is 0.222 e. The molecule has 7 heteroatoms. The van der Waals surface area contributed by atoms with Gasteiger partial charge in [0.2, 0.25) is 5.91 Å². The zero-order valence-electron chi connectivity index (χ0n) is 14.1. The number of hydrogen-bond acceptors (Lipinski definition) is 2. The number of likely N-dealkylation sites (tertiary alicyclic amines) is 1. The van der Waals surface area contributed by atoms with Gasteiger partial charge in [-0.05, 0) is 24.5 Å². The van der Waals surface area contributed by atoms with Gasteiger partial charge in [0.1, 0.15) is 11.6 Å². The molecule has 1 aromatic rings. The lowest BCUT2D eigenvalue weighted by Gasteiger charge is -2.18. The van der Waals surface area contributed by atoms with Gasteiger partial charge < -0.3 is 15.5 Å². The first kappa shape index (κ1) is 18.2. The van der Waals surface area contributed by atoms with Gasteiger partial charge in [-0.1, -0.05) is 13.0 Å². The molecule has 1 amide bonds. The predicted molar refractivity (Wildman–Crippen MR) is 89.8 cm³/mol. The number of amides is 1. The molecular formula is C17H24F2N4O. The largest absolute Gasteiger partial charge is 0.356 e. The SMILES string of the molecule is CCC(=O)N1CCC(NC(=NC)NCCc2ccc(F)cc2F)C1. The van der Waals surface area contributed by atoms with Crippen LogP contribution in [0.25, 0.3) is 0 Å². The molecule has 2 N–H and O–H groups in total. The summed E-state index contributed by atoms with van der Waals surface area (Å²) in [5.74, 6) is -0.333. The van der Waals surface area contributed by atoms with E-state index >= 15 is 0 Å². The average Bonchev–Trinajstić information content (AvgIpc) is 3.03. The van der Waals surface area contributed by atoms with E-state index < -0.39 is 11.6 Å². The molecule has 1 unspecified atom stereocenters. The van der Waals surface area contributed by atoms with Crippen LogP contribution in [0.4, 0.5) is 8.78 Å². The highest BCUT2D eigenvalue weighted by molar-refractivity contribution is 5.80. The number of rotatable bonds is 5. The predicted octanol–water partition coefficient (Wildman–Crippen LogP) is 1.68. The number of halogens is 2. The molecule has 1 fully saturated rings. The van der Waals surface area contributed by atoms with Crippen molar-refractivity contribution in [2.75, 3.05) is 26.7 Å². The molecule has 1 heterocycles. The van der Waals surface area contributed by atoms with Crippen LogP contribution in [0.3, 0.4) is 0 Å². The van der Waals surface area contributed by atoms with E-state index in [1.54, 1.807) is 7.05 Å². The zero-order valence-corrected chi connectivity index (χ0v) is 14.1. The van der Waals surface area contributed by atoms with E-state index in [-0.39, 0.29) is 11.9 Å². The number of carbonyl (C=O) groups is 1. The van der Waals surface area contributed by atoms with Crippen LogP contribution >= 0.6 is 0 Å². The van der Waals surface area contributed by atoms with Crippen molar-refractivity contribution in [3.8, 4) is 0 Å². The number of hydrogen-bond donors (Lipinski definition) is 2. The third-order valence-corrected chi connectivity index (χ3v) is 4.11. The Morgan fingerprint density at radius 2 is 2.21 bits per heavy atom. The summed E-state index contributed by atoms with van der Waals surface area (Å²) in [6.07, 6.45) is 1.82. The summed E-state index contributed by atoms with van der Waals surface area (Å²) >= 11 is 0. The van der Waals surface area contributed by atoms with E-state index in [0.717, 1.165) is 19.0 Å². The van der Waals surface area contributed by atoms with Gasteiger partial charge in [0.05, 0.1) is 0 Å². The van der Waals surface area contributed by atoms with Crippen LogP contribution in [0.15, 0.2) is 23.2 Å². The summed E-state index contributed by atoms with van der Waals surface area (Å²) in [4.78, 5) is 17.7. The van der Waals surface area contributed by atoms with Gasteiger partial charge >= 0.3 is 0 Å². The quantitative estimate of drug-likeness (QED) is 0.634. The van der Waals surface area contributed by atoms with Gasteiger partial charge in [-0.2, -0.15) is 0 Å². The molecule has 5 nitrogen and oxygen atoms in total. The van der Waals surface area contributed by atoms with Crippen LogP contribution in [-0.2, 0) is 11.2 Å². The van der Waals surface area contributed by atoms with Crippen molar-refractivity contribution in [1.29, 1.82) is 0 Å². The average molecular weight is 338 g/mol. The molecule has 1 aliphatic rings. The summed E-state index contributed by atoms with van der Waals surface area (Å²) in [5.41, 5.74) is 0.458. The first-order chi connectivity index (χ1) is 11.5. The molecule has 132 valence electrons. The third kappa shape index (κ3) is 4.91. The van der Waals surface area contributed by atoms with Crippen LogP contribution in [0.1, 0.15) is 25.3 Å². The summed E-state index contributed by atoms with van der Waals surface area (Å²) < 4.78 is 26.5. The Balaban J connectivity index is 1.78. The van der Waals surface area contributed by atoms with Crippen molar-refractivity contribution in [3.05, 3.63) is 35.4 Å². The Morgan fingerprint density at radius 3 is 2.88 bits per heavy atom. The van der Waals surface area contributed by atoms with E-state index in [4.69, 9.17) is 0 Å². The minimum absolute atomic E-state index is 0.161. The molecule has 0 bridgehead atoms. The Hall–Kier alpha value is -2.18. The van der Waals surface area contributed by atoms with Crippen molar-refractivity contribution in [3.63, 3.8) is 0 Å². The maximum absolute atomic E-state index is 13.6. The number of aliphatic imine (C=N–C) groups is 1. The van der Waals surface area contributed by atoms with E-state index in [1.807, 2.05) is 11.8 Å². The summed E-state index contributed by atoms with van der Waals surface area (Å²) in [5, 5.41) is 6.40. The Kier molecular flexibility index (Phi) is 6.52. The fourth-order valence-corrected chi connectivity index (χ4v) is 2.76. The standard InChI is InChI=1S/C17H24F2N4O/c1-3-16(24)23-9-7-14(11-23)22-17(20-2)21-8-6-12-4-5-13(18)10-15(12)19/h4-5,10,14H,3,6-9,11H2,1-2H3,(H2,20,21,22). The van der Waals surface area contributed by atoms with Gasteiger partial charge in [-0.25, -0.2) is 8.78 Å². The van der Waals surface area contributed by atoms with Crippen molar-refractivity contribution >= 4 is 11.9 Å². The van der Waals surface area contributed by atoms with E-state index in [2.05, 4.69) is 15.6 Å². The van der Waals surface area contributed by atoms with E-state index in [9.17, 15) is 13.6 Å². The van der Waals surface area contributed by atoms with Crippen LogP contribution < -0.4 is 10.6 Å². The van der Waals surface area contributed by atoms with Gasteiger partial charge in [-0.3, -0.25) is 9.79 Å². The first-order valence-corrected chi connectivity index (χ1v) is 8.22. The summed E-state index contributed by atoms with van der Waals surface area (Å²) in [6.45, 7) is 3.76. The molecule has 0 aromatic heterocycles. The number of carbonyl (C=O) groups excluding carboxylic acids is 1. The Labute approximate surface area is 141 Å². The molecule has 0 aliphatic carbocycles. The van der Waals surface area contributed by atoms with Crippen LogP contribution in [0.2, 0.25) is 0 Å². The molecule has 1 aromatic carbocycles. The molecule has 0 radical (unpaired) electrons. The minimum Gasteiger partial charge on any atom is -0.356 e.